The minimum Gasteiger partial charge on any atom is -0.347 e. The van der Waals surface area contributed by atoms with E-state index in [1.807, 2.05) is 0 Å². The summed E-state index contributed by atoms with van der Waals surface area (Å²) in [6, 6.07) is 0. The number of hydrogen-bond donors (Lipinski definition) is 1. The third-order valence-electron chi connectivity index (χ3n) is 5.63. The molecule has 5 aliphatic rings. The Balaban J connectivity index is 1.72. The van der Waals surface area contributed by atoms with Gasteiger partial charge in [-0.3, -0.25) is 0 Å². The summed E-state index contributed by atoms with van der Waals surface area (Å²) in [5.74, 6) is 1.98. The highest BCUT2D eigenvalue weighted by Gasteiger charge is 2.64. The van der Waals surface area contributed by atoms with Crippen LogP contribution in [0, 0.1) is 23.2 Å². The summed E-state index contributed by atoms with van der Waals surface area (Å²) in [4.78, 5) is 0. The first-order valence-electron chi connectivity index (χ1n) is 6.74. The lowest BCUT2D eigenvalue weighted by atomic mass is 9.47. The van der Waals surface area contributed by atoms with Crippen molar-refractivity contribution in [2.24, 2.45) is 28.9 Å². The molecule has 90 valence electrons. The molecule has 4 saturated carbocycles. The van der Waals surface area contributed by atoms with Gasteiger partial charge in [-0.05, 0) is 50.0 Å². The van der Waals surface area contributed by atoms with Gasteiger partial charge in [-0.15, -0.1) is 0 Å². The highest BCUT2D eigenvalue weighted by molar-refractivity contribution is 5.10. The Morgan fingerprint density at radius 2 is 1.62 bits per heavy atom. The van der Waals surface area contributed by atoms with Gasteiger partial charge >= 0.3 is 0 Å². The van der Waals surface area contributed by atoms with Crippen molar-refractivity contribution in [3.05, 3.63) is 0 Å². The number of nitrogens with two attached hydrogens (primary N) is 1. The fraction of sp³-hybridized carbons (Fsp3) is 1.00. The summed E-state index contributed by atoms with van der Waals surface area (Å²) in [7, 11) is 0. The van der Waals surface area contributed by atoms with Crippen LogP contribution in [0.4, 0.5) is 0 Å². The molecule has 0 amide bonds. The third kappa shape index (κ3) is 1.05. The van der Waals surface area contributed by atoms with Gasteiger partial charge in [0.05, 0.1) is 13.2 Å². The molecule has 1 saturated heterocycles. The Hall–Kier alpha value is -0.120. The van der Waals surface area contributed by atoms with Gasteiger partial charge in [0.1, 0.15) is 0 Å². The summed E-state index contributed by atoms with van der Waals surface area (Å²) in [6.45, 7) is 2.47. The van der Waals surface area contributed by atoms with Crippen LogP contribution in [0.3, 0.4) is 0 Å². The summed E-state index contributed by atoms with van der Waals surface area (Å²) in [6.07, 6.45) is 6.50. The highest BCUT2D eigenvalue weighted by Crippen LogP contribution is 2.65. The van der Waals surface area contributed by atoms with E-state index in [9.17, 15) is 0 Å². The topological polar surface area (TPSA) is 44.5 Å². The first kappa shape index (κ1) is 9.86. The van der Waals surface area contributed by atoms with Gasteiger partial charge in [0.2, 0.25) is 0 Å². The SMILES string of the molecule is NCC12CC3C[C@H](C1)C1(OCCO1)[C@@H](C3)C2. The quantitative estimate of drug-likeness (QED) is 0.733. The Kier molecular flexibility index (Phi) is 1.85. The van der Waals surface area contributed by atoms with Crippen molar-refractivity contribution in [1.82, 2.24) is 0 Å². The van der Waals surface area contributed by atoms with E-state index in [-0.39, 0.29) is 5.79 Å². The van der Waals surface area contributed by atoms with Crippen LogP contribution in [-0.2, 0) is 9.47 Å². The second kappa shape index (κ2) is 3.01. The van der Waals surface area contributed by atoms with E-state index >= 15 is 0 Å². The molecule has 0 aromatic carbocycles. The predicted octanol–water partition coefficient (Wildman–Crippen LogP) is 1.51. The molecule has 2 N–H and O–H groups in total. The second-order valence-corrected chi connectivity index (χ2v) is 6.47. The highest BCUT2D eigenvalue weighted by atomic mass is 16.7. The van der Waals surface area contributed by atoms with Crippen molar-refractivity contribution in [2.45, 2.75) is 37.9 Å². The average Bonchev–Trinajstić information content (AvgIpc) is 2.75. The maximum atomic E-state index is 6.04. The molecule has 1 spiro atoms. The zero-order valence-corrected chi connectivity index (χ0v) is 9.78. The van der Waals surface area contributed by atoms with Crippen LogP contribution >= 0.6 is 0 Å². The van der Waals surface area contributed by atoms with E-state index in [4.69, 9.17) is 15.2 Å². The van der Waals surface area contributed by atoms with E-state index in [1.54, 1.807) is 0 Å². The first-order valence-corrected chi connectivity index (χ1v) is 6.74. The monoisotopic (exact) mass is 223 g/mol. The molecule has 0 aromatic heterocycles. The zero-order chi connectivity index (χ0) is 10.8. The Morgan fingerprint density at radius 1 is 1.00 bits per heavy atom. The van der Waals surface area contributed by atoms with Gasteiger partial charge in [0.15, 0.2) is 5.79 Å². The van der Waals surface area contributed by atoms with Gasteiger partial charge < -0.3 is 15.2 Å². The van der Waals surface area contributed by atoms with E-state index in [0.29, 0.717) is 17.3 Å². The Morgan fingerprint density at radius 3 is 2.19 bits per heavy atom. The third-order valence-corrected chi connectivity index (χ3v) is 5.63. The largest absolute Gasteiger partial charge is 0.347 e. The molecule has 3 heteroatoms. The molecule has 4 bridgehead atoms. The summed E-state index contributed by atoms with van der Waals surface area (Å²) in [5.41, 5.74) is 6.47. The van der Waals surface area contributed by atoms with Crippen LogP contribution in [0.5, 0.6) is 0 Å². The maximum Gasteiger partial charge on any atom is 0.174 e. The number of ether oxygens (including phenoxy) is 2. The molecular formula is C13H21NO2. The molecule has 0 aromatic rings. The van der Waals surface area contributed by atoms with E-state index in [2.05, 4.69) is 0 Å². The molecule has 4 atom stereocenters. The van der Waals surface area contributed by atoms with Crippen molar-refractivity contribution in [2.75, 3.05) is 19.8 Å². The zero-order valence-electron chi connectivity index (χ0n) is 9.78. The van der Waals surface area contributed by atoms with Crippen LogP contribution in [0.1, 0.15) is 32.1 Å². The lowest BCUT2D eigenvalue weighted by Crippen LogP contribution is -2.63. The van der Waals surface area contributed by atoms with Crippen molar-refractivity contribution < 1.29 is 9.47 Å². The Labute approximate surface area is 96.7 Å². The number of rotatable bonds is 1. The van der Waals surface area contributed by atoms with Crippen molar-refractivity contribution in [3.8, 4) is 0 Å². The fourth-order valence-electron chi connectivity index (χ4n) is 5.25. The van der Waals surface area contributed by atoms with Gasteiger partial charge in [-0.2, -0.15) is 0 Å². The van der Waals surface area contributed by atoms with Gasteiger partial charge in [0, 0.05) is 11.8 Å². The summed E-state index contributed by atoms with van der Waals surface area (Å²) < 4.78 is 12.1. The van der Waals surface area contributed by atoms with Crippen molar-refractivity contribution in [3.63, 3.8) is 0 Å². The van der Waals surface area contributed by atoms with Crippen LogP contribution in [0.15, 0.2) is 0 Å². The van der Waals surface area contributed by atoms with Crippen molar-refractivity contribution >= 4 is 0 Å². The lowest BCUT2D eigenvalue weighted by Gasteiger charge is -2.62. The van der Waals surface area contributed by atoms with Crippen LogP contribution in [0.25, 0.3) is 0 Å². The first-order chi connectivity index (χ1) is 7.76. The molecule has 5 rings (SSSR count). The van der Waals surface area contributed by atoms with E-state index < -0.39 is 0 Å². The van der Waals surface area contributed by atoms with Gasteiger partial charge in [0.25, 0.3) is 0 Å². The lowest BCUT2D eigenvalue weighted by molar-refractivity contribution is -0.301. The maximum absolute atomic E-state index is 6.04. The molecule has 1 heterocycles. The number of hydrogen-bond acceptors (Lipinski definition) is 3. The van der Waals surface area contributed by atoms with E-state index in [0.717, 1.165) is 25.7 Å². The summed E-state index contributed by atoms with van der Waals surface area (Å²) >= 11 is 0. The van der Waals surface area contributed by atoms with Gasteiger partial charge in [-0.25, -0.2) is 0 Å². The average molecular weight is 223 g/mol. The molecule has 2 unspecified atom stereocenters. The van der Waals surface area contributed by atoms with E-state index in [1.165, 1.54) is 32.1 Å². The molecule has 5 fully saturated rings. The molecule has 1 aliphatic heterocycles. The smallest absolute Gasteiger partial charge is 0.174 e. The van der Waals surface area contributed by atoms with Gasteiger partial charge in [-0.1, -0.05) is 0 Å². The molecule has 16 heavy (non-hydrogen) atoms. The predicted molar refractivity (Wildman–Crippen MR) is 59.7 cm³/mol. The Bertz CT molecular complexity index is 293. The van der Waals surface area contributed by atoms with Crippen molar-refractivity contribution in [1.29, 1.82) is 0 Å². The fourth-order valence-corrected chi connectivity index (χ4v) is 5.25. The minimum atomic E-state index is -0.185. The van der Waals surface area contributed by atoms with Crippen LogP contribution in [0.2, 0.25) is 0 Å². The second-order valence-electron chi connectivity index (χ2n) is 6.47. The normalized spacial score (nSPS) is 52.7. The molecule has 3 nitrogen and oxygen atoms in total. The van der Waals surface area contributed by atoms with Crippen LogP contribution in [-0.4, -0.2) is 25.5 Å². The minimum absolute atomic E-state index is 0.185. The summed E-state index contributed by atoms with van der Waals surface area (Å²) in [5, 5.41) is 0. The standard InChI is InChI=1S/C13H21NO2/c14-8-12-5-9-3-10(6-12)13(11(4-9)7-12)15-1-2-16-13/h9-11H,1-8,14H2/t9?,10-,11+,12?. The molecular weight excluding hydrogens is 202 g/mol. The molecule has 4 aliphatic carbocycles. The van der Waals surface area contributed by atoms with Crippen LogP contribution < -0.4 is 5.73 Å². The molecule has 0 radical (unpaired) electrons.